The molecule has 0 saturated heterocycles. The Bertz CT molecular complexity index is 517. The molecule has 0 bridgehead atoms. The molecule has 0 aliphatic rings. The predicted molar refractivity (Wildman–Crippen MR) is 73.5 cm³/mol. The summed E-state index contributed by atoms with van der Waals surface area (Å²) in [7, 11) is 1.63. The van der Waals surface area contributed by atoms with E-state index in [9.17, 15) is 0 Å². The van der Waals surface area contributed by atoms with Crippen LogP contribution in [0.3, 0.4) is 0 Å². The van der Waals surface area contributed by atoms with Crippen LogP contribution in [0.25, 0.3) is 0 Å². The third-order valence-corrected chi connectivity index (χ3v) is 2.58. The van der Waals surface area contributed by atoms with Gasteiger partial charge in [-0.2, -0.15) is 0 Å². The van der Waals surface area contributed by atoms with Gasteiger partial charge in [-0.25, -0.2) is 9.97 Å². The van der Waals surface area contributed by atoms with Crippen molar-refractivity contribution in [1.29, 1.82) is 0 Å². The number of anilines is 1. The molecule has 0 unspecified atom stereocenters. The van der Waals surface area contributed by atoms with E-state index in [1.165, 1.54) is 6.33 Å². The van der Waals surface area contributed by atoms with Gasteiger partial charge in [-0.3, -0.25) is 0 Å². The molecule has 5 heteroatoms. The lowest BCUT2D eigenvalue weighted by atomic mass is 10.2. The highest BCUT2D eigenvalue weighted by atomic mass is 16.5. The average molecular weight is 259 g/mol. The smallest absolute Gasteiger partial charge is 0.163 e. The van der Waals surface area contributed by atoms with Gasteiger partial charge < -0.3 is 14.8 Å². The highest BCUT2D eigenvalue weighted by Gasteiger charge is 2.05. The number of hydrogen-bond acceptors (Lipinski definition) is 5. The van der Waals surface area contributed by atoms with Crippen molar-refractivity contribution in [2.45, 2.75) is 13.5 Å². The highest BCUT2D eigenvalue weighted by Crippen LogP contribution is 2.30. The third-order valence-electron chi connectivity index (χ3n) is 2.58. The number of benzene rings is 1. The Morgan fingerprint density at radius 1 is 1.21 bits per heavy atom. The number of nitrogens with one attached hydrogen (secondary N) is 1. The van der Waals surface area contributed by atoms with E-state index in [-0.39, 0.29) is 0 Å². The van der Waals surface area contributed by atoms with Gasteiger partial charge in [-0.05, 0) is 25.1 Å². The molecule has 0 saturated carbocycles. The first-order valence-corrected chi connectivity index (χ1v) is 6.13. The number of rotatable bonds is 6. The van der Waals surface area contributed by atoms with E-state index in [0.29, 0.717) is 13.2 Å². The fourth-order valence-electron chi connectivity index (χ4n) is 1.67. The lowest BCUT2D eigenvalue weighted by Crippen LogP contribution is -2.02. The normalized spacial score (nSPS) is 10.0. The average Bonchev–Trinajstić information content (AvgIpc) is 2.47. The van der Waals surface area contributed by atoms with Crippen LogP contribution in [0.5, 0.6) is 11.5 Å². The van der Waals surface area contributed by atoms with Crippen molar-refractivity contribution in [2.24, 2.45) is 0 Å². The van der Waals surface area contributed by atoms with Crippen molar-refractivity contribution in [3.05, 3.63) is 42.5 Å². The van der Waals surface area contributed by atoms with Crippen molar-refractivity contribution in [3.63, 3.8) is 0 Å². The van der Waals surface area contributed by atoms with Crippen molar-refractivity contribution in [2.75, 3.05) is 19.0 Å². The van der Waals surface area contributed by atoms with E-state index in [1.54, 1.807) is 13.3 Å². The van der Waals surface area contributed by atoms with Crippen LogP contribution in [0, 0.1) is 0 Å². The lowest BCUT2D eigenvalue weighted by molar-refractivity contribution is 0.311. The Balaban J connectivity index is 2.06. The van der Waals surface area contributed by atoms with Crippen molar-refractivity contribution < 1.29 is 9.47 Å². The van der Waals surface area contributed by atoms with E-state index < -0.39 is 0 Å². The first-order valence-electron chi connectivity index (χ1n) is 6.13. The summed E-state index contributed by atoms with van der Waals surface area (Å²) in [6, 6.07) is 7.62. The zero-order chi connectivity index (χ0) is 13.5. The summed E-state index contributed by atoms with van der Waals surface area (Å²) in [5, 5.41) is 3.29. The molecule has 0 radical (unpaired) electrons. The molecule has 0 amide bonds. The molecule has 5 nitrogen and oxygen atoms in total. The summed E-state index contributed by atoms with van der Waals surface area (Å²) >= 11 is 0. The molecule has 0 atom stereocenters. The van der Waals surface area contributed by atoms with E-state index in [2.05, 4.69) is 15.3 Å². The Labute approximate surface area is 112 Å². The van der Waals surface area contributed by atoms with Gasteiger partial charge in [0, 0.05) is 18.0 Å². The topological polar surface area (TPSA) is 56.3 Å². The molecule has 0 fully saturated rings. The fraction of sp³-hybridized carbons (Fsp3) is 0.286. The zero-order valence-electron chi connectivity index (χ0n) is 11.1. The number of ether oxygens (including phenoxy) is 2. The molecular weight excluding hydrogens is 242 g/mol. The SMILES string of the molecule is CCOc1cc(NCc2ccncn2)ccc1OC. The third kappa shape index (κ3) is 3.58. The van der Waals surface area contributed by atoms with Gasteiger partial charge in [0.2, 0.25) is 0 Å². The molecule has 19 heavy (non-hydrogen) atoms. The monoisotopic (exact) mass is 259 g/mol. The maximum absolute atomic E-state index is 5.53. The maximum atomic E-state index is 5.53. The Morgan fingerprint density at radius 3 is 2.79 bits per heavy atom. The minimum atomic E-state index is 0.603. The van der Waals surface area contributed by atoms with Gasteiger partial charge in [0.1, 0.15) is 6.33 Å². The molecule has 1 aromatic carbocycles. The number of aromatic nitrogens is 2. The van der Waals surface area contributed by atoms with Gasteiger partial charge in [0.15, 0.2) is 11.5 Å². The van der Waals surface area contributed by atoms with Crippen LogP contribution in [0.4, 0.5) is 5.69 Å². The standard InChI is InChI=1S/C14H17N3O2/c1-3-19-14-8-11(4-5-13(14)18-2)16-9-12-6-7-15-10-17-12/h4-8,10,16H,3,9H2,1-2H3. The maximum Gasteiger partial charge on any atom is 0.163 e. The van der Waals surface area contributed by atoms with Crippen LogP contribution in [0.1, 0.15) is 12.6 Å². The molecule has 2 aromatic rings. The molecule has 0 aliphatic heterocycles. The number of nitrogens with zero attached hydrogens (tertiary/aromatic N) is 2. The zero-order valence-corrected chi connectivity index (χ0v) is 11.1. The number of hydrogen-bond donors (Lipinski definition) is 1. The molecule has 1 N–H and O–H groups in total. The first kappa shape index (κ1) is 13.1. The second-order valence-electron chi connectivity index (χ2n) is 3.85. The fourth-order valence-corrected chi connectivity index (χ4v) is 1.67. The molecule has 1 heterocycles. The van der Waals surface area contributed by atoms with Crippen molar-refractivity contribution >= 4 is 5.69 Å². The van der Waals surface area contributed by atoms with Crippen LogP contribution < -0.4 is 14.8 Å². The minimum Gasteiger partial charge on any atom is -0.493 e. The quantitative estimate of drug-likeness (QED) is 0.863. The molecule has 0 spiro atoms. The van der Waals surface area contributed by atoms with Crippen molar-refractivity contribution in [3.8, 4) is 11.5 Å². The van der Waals surface area contributed by atoms with E-state index in [0.717, 1.165) is 22.9 Å². The molecule has 100 valence electrons. The van der Waals surface area contributed by atoms with Crippen LogP contribution in [0.15, 0.2) is 36.8 Å². The first-order chi connectivity index (χ1) is 9.33. The summed E-state index contributed by atoms with van der Waals surface area (Å²) in [6.07, 6.45) is 3.26. The van der Waals surface area contributed by atoms with Gasteiger partial charge in [-0.1, -0.05) is 0 Å². The Kier molecular flexibility index (Phi) is 4.55. The molecule has 1 aromatic heterocycles. The Hall–Kier alpha value is -2.30. The van der Waals surface area contributed by atoms with Crippen LogP contribution in [0.2, 0.25) is 0 Å². The molecule has 0 aliphatic carbocycles. The van der Waals surface area contributed by atoms with Crippen molar-refractivity contribution in [1.82, 2.24) is 9.97 Å². The van der Waals surface area contributed by atoms with Gasteiger partial charge in [0.05, 0.1) is 26.0 Å². The summed E-state index contributed by atoms with van der Waals surface area (Å²) in [5.41, 5.74) is 1.90. The minimum absolute atomic E-state index is 0.603. The lowest BCUT2D eigenvalue weighted by Gasteiger charge is -2.12. The molecule has 2 rings (SSSR count). The van der Waals surface area contributed by atoms with E-state index in [4.69, 9.17) is 9.47 Å². The van der Waals surface area contributed by atoms with E-state index in [1.807, 2.05) is 31.2 Å². The van der Waals surface area contributed by atoms with Gasteiger partial charge in [-0.15, -0.1) is 0 Å². The highest BCUT2D eigenvalue weighted by molar-refractivity contribution is 5.54. The largest absolute Gasteiger partial charge is 0.493 e. The van der Waals surface area contributed by atoms with Crippen LogP contribution >= 0.6 is 0 Å². The summed E-state index contributed by atoms with van der Waals surface area (Å²) < 4.78 is 10.8. The second kappa shape index (κ2) is 6.58. The summed E-state index contributed by atoms with van der Waals surface area (Å²) in [5.74, 6) is 1.46. The van der Waals surface area contributed by atoms with Crippen LogP contribution in [-0.2, 0) is 6.54 Å². The summed E-state index contributed by atoms with van der Waals surface area (Å²) in [4.78, 5) is 8.04. The summed E-state index contributed by atoms with van der Waals surface area (Å²) in [6.45, 7) is 3.19. The van der Waals surface area contributed by atoms with Gasteiger partial charge in [0.25, 0.3) is 0 Å². The Morgan fingerprint density at radius 2 is 2.11 bits per heavy atom. The van der Waals surface area contributed by atoms with Gasteiger partial charge >= 0.3 is 0 Å². The van der Waals surface area contributed by atoms with Crippen LogP contribution in [-0.4, -0.2) is 23.7 Å². The molecular formula is C14H17N3O2. The second-order valence-corrected chi connectivity index (χ2v) is 3.85. The number of methoxy groups -OCH3 is 1. The van der Waals surface area contributed by atoms with E-state index >= 15 is 0 Å². The predicted octanol–water partition coefficient (Wildman–Crippen LogP) is 2.50.